The molecule has 9 heteroatoms. The third-order valence-electron chi connectivity index (χ3n) is 3.71. The van der Waals surface area contributed by atoms with Crippen LogP contribution in [0.3, 0.4) is 0 Å². The molecule has 144 valence electrons. The molecule has 0 saturated heterocycles. The zero-order chi connectivity index (χ0) is 20.0. The maximum atomic E-state index is 12.3. The quantitative estimate of drug-likeness (QED) is 0.666. The standard InChI is InChI=1S/C10H12N4O3.C8H9FS/c1-3-7-12-8(17-13-7)5-14-9(15)6(2)4-11-10(14)16;1-6(10)7-2-4-8(9)5-3-7/h4H,3,5H2,1-2H3,(H,11,16);2-6,10H,1H3. The number of aryl methyl sites for hydroxylation is 2. The Hall–Kier alpha value is -2.68. The van der Waals surface area contributed by atoms with Gasteiger partial charge in [0.05, 0.1) is 0 Å². The van der Waals surface area contributed by atoms with E-state index >= 15 is 0 Å². The summed E-state index contributed by atoms with van der Waals surface area (Å²) in [6.45, 7) is 5.46. The molecule has 1 N–H and O–H groups in total. The van der Waals surface area contributed by atoms with E-state index in [1.807, 2.05) is 13.8 Å². The minimum Gasteiger partial charge on any atom is -0.337 e. The fraction of sp³-hybridized carbons (Fsp3) is 0.333. The number of aromatic nitrogens is 4. The van der Waals surface area contributed by atoms with Crippen molar-refractivity contribution in [3.63, 3.8) is 0 Å². The first kappa shape index (κ1) is 20.6. The Kier molecular flexibility index (Phi) is 7.12. The molecule has 0 bridgehead atoms. The lowest BCUT2D eigenvalue weighted by atomic mass is 10.2. The van der Waals surface area contributed by atoms with Crippen LogP contribution in [0.1, 0.15) is 41.9 Å². The van der Waals surface area contributed by atoms with Gasteiger partial charge in [-0.2, -0.15) is 17.6 Å². The van der Waals surface area contributed by atoms with Crippen molar-refractivity contribution < 1.29 is 8.91 Å². The highest BCUT2D eigenvalue weighted by atomic mass is 32.1. The van der Waals surface area contributed by atoms with E-state index in [0.29, 0.717) is 17.8 Å². The van der Waals surface area contributed by atoms with Crippen LogP contribution in [0.2, 0.25) is 0 Å². The maximum absolute atomic E-state index is 12.3. The van der Waals surface area contributed by atoms with E-state index in [9.17, 15) is 14.0 Å². The van der Waals surface area contributed by atoms with E-state index < -0.39 is 5.69 Å². The third kappa shape index (κ3) is 5.65. The van der Waals surface area contributed by atoms with Crippen molar-refractivity contribution in [2.24, 2.45) is 0 Å². The monoisotopic (exact) mass is 392 g/mol. The molecule has 0 amide bonds. The van der Waals surface area contributed by atoms with Crippen molar-refractivity contribution in [1.82, 2.24) is 19.7 Å². The highest BCUT2D eigenvalue weighted by molar-refractivity contribution is 7.80. The van der Waals surface area contributed by atoms with Gasteiger partial charge in [-0.05, 0) is 31.5 Å². The molecule has 0 fully saturated rings. The minimum absolute atomic E-state index is 0.0111. The fourth-order valence-corrected chi connectivity index (χ4v) is 2.31. The van der Waals surface area contributed by atoms with Crippen molar-refractivity contribution in [2.45, 2.75) is 39.0 Å². The van der Waals surface area contributed by atoms with Gasteiger partial charge in [0.1, 0.15) is 12.4 Å². The second-order valence-electron chi connectivity index (χ2n) is 5.85. The first-order valence-corrected chi connectivity index (χ1v) is 8.87. The second kappa shape index (κ2) is 9.31. The molecule has 0 saturated carbocycles. The van der Waals surface area contributed by atoms with Gasteiger partial charge in [-0.15, -0.1) is 0 Å². The number of H-pyrrole nitrogens is 1. The molecule has 0 radical (unpaired) electrons. The Morgan fingerprint density at radius 1 is 1.30 bits per heavy atom. The van der Waals surface area contributed by atoms with E-state index in [1.165, 1.54) is 18.3 Å². The van der Waals surface area contributed by atoms with E-state index in [4.69, 9.17) is 4.52 Å². The first-order valence-electron chi connectivity index (χ1n) is 8.36. The smallest absolute Gasteiger partial charge is 0.328 e. The summed E-state index contributed by atoms with van der Waals surface area (Å²) >= 11 is 4.20. The van der Waals surface area contributed by atoms with Crippen LogP contribution in [0.4, 0.5) is 4.39 Å². The van der Waals surface area contributed by atoms with Crippen LogP contribution in [0.15, 0.2) is 44.6 Å². The highest BCUT2D eigenvalue weighted by Crippen LogP contribution is 2.18. The second-order valence-corrected chi connectivity index (χ2v) is 6.63. The summed E-state index contributed by atoms with van der Waals surface area (Å²) in [5.74, 6) is 0.606. The topological polar surface area (TPSA) is 93.8 Å². The zero-order valence-electron chi connectivity index (χ0n) is 15.3. The van der Waals surface area contributed by atoms with Crippen LogP contribution < -0.4 is 11.2 Å². The van der Waals surface area contributed by atoms with Gasteiger partial charge in [-0.25, -0.2) is 9.18 Å². The third-order valence-corrected chi connectivity index (χ3v) is 4.01. The summed E-state index contributed by atoms with van der Waals surface area (Å²) in [6.07, 6.45) is 2.02. The van der Waals surface area contributed by atoms with Gasteiger partial charge >= 0.3 is 5.69 Å². The SMILES string of the molecule is CC(S)c1ccc(F)cc1.CCc1noc(Cn2c(=O)[nH]cc(C)c2=O)n1. The van der Waals surface area contributed by atoms with Crippen molar-refractivity contribution >= 4 is 12.6 Å². The average molecular weight is 392 g/mol. The lowest BCUT2D eigenvalue weighted by molar-refractivity contribution is 0.363. The number of thiol groups is 1. The fourth-order valence-electron chi connectivity index (χ4n) is 2.13. The lowest BCUT2D eigenvalue weighted by Gasteiger charge is -2.01. The number of rotatable bonds is 4. The normalized spacial score (nSPS) is 11.6. The molecule has 0 spiro atoms. The summed E-state index contributed by atoms with van der Waals surface area (Å²) < 4.78 is 18.3. The van der Waals surface area contributed by atoms with Gasteiger partial charge in [0.2, 0.25) is 5.89 Å². The number of hydrogen-bond acceptors (Lipinski definition) is 6. The lowest BCUT2D eigenvalue weighted by Crippen LogP contribution is -2.36. The zero-order valence-corrected chi connectivity index (χ0v) is 16.2. The van der Waals surface area contributed by atoms with Crippen LogP contribution >= 0.6 is 12.6 Å². The Bertz CT molecular complexity index is 993. The van der Waals surface area contributed by atoms with E-state index in [-0.39, 0.29) is 29.1 Å². The Labute approximate surface area is 160 Å². The van der Waals surface area contributed by atoms with Crippen LogP contribution in [0.25, 0.3) is 0 Å². The van der Waals surface area contributed by atoms with Crippen LogP contribution in [0, 0.1) is 12.7 Å². The van der Waals surface area contributed by atoms with Crippen LogP contribution in [-0.4, -0.2) is 19.7 Å². The van der Waals surface area contributed by atoms with Crippen molar-refractivity contribution in [3.8, 4) is 0 Å². The number of halogens is 1. The predicted octanol–water partition coefficient (Wildman–Crippen LogP) is 2.66. The van der Waals surface area contributed by atoms with Crippen molar-refractivity contribution in [1.29, 1.82) is 0 Å². The molecule has 3 aromatic rings. The summed E-state index contributed by atoms with van der Waals surface area (Å²) in [4.78, 5) is 29.7. The van der Waals surface area contributed by atoms with Crippen LogP contribution in [-0.2, 0) is 13.0 Å². The predicted molar refractivity (Wildman–Crippen MR) is 103 cm³/mol. The summed E-state index contributed by atoms with van der Waals surface area (Å²) in [6, 6.07) is 6.38. The molecule has 0 aliphatic rings. The molecular weight excluding hydrogens is 371 g/mol. The Morgan fingerprint density at radius 3 is 2.52 bits per heavy atom. The number of aromatic amines is 1. The van der Waals surface area contributed by atoms with E-state index in [2.05, 4.69) is 27.8 Å². The van der Waals surface area contributed by atoms with Gasteiger partial charge < -0.3 is 9.51 Å². The number of nitrogens with zero attached hydrogens (tertiary/aromatic N) is 3. The molecule has 27 heavy (non-hydrogen) atoms. The van der Waals surface area contributed by atoms with E-state index in [0.717, 1.165) is 10.1 Å². The van der Waals surface area contributed by atoms with Gasteiger partial charge in [0, 0.05) is 23.4 Å². The molecule has 2 aromatic heterocycles. The largest absolute Gasteiger partial charge is 0.337 e. The summed E-state index contributed by atoms with van der Waals surface area (Å²) in [7, 11) is 0. The molecule has 2 heterocycles. The molecule has 7 nitrogen and oxygen atoms in total. The first-order chi connectivity index (χ1) is 12.8. The van der Waals surface area contributed by atoms with Gasteiger partial charge in [0.25, 0.3) is 5.56 Å². The van der Waals surface area contributed by atoms with Crippen LogP contribution in [0.5, 0.6) is 0 Å². The summed E-state index contributed by atoms with van der Waals surface area (Å²) in [5.41, 5.74) is 0.659. The van der Waals surface area contributed by atoms with Gasteiger partial charge in [-0.3, -0.25) is 9.36 Å². The average Bonchev–Trinajstić information content (AvgIpc) is 3.11. The molecule has 1 atom stereocenters. The molecule has 0 aliphatic heterocycles. The number of nitrogens with one attached hydrogen (secondary N) is 1. The van der Waals surface area contributed by atoms with Crippen molar-refractivity contribution in [3.05, 3.63) is 80.0 Å². The number of benzene rings is 1. The molecule has 1 unspecified atom stereocenters. The molecule has 3 rings (SSSR count). The van der Waals surface area contributed by atoms with Gasteiger partial charge in [0.15, 0.2) is 5.82 Å². The Morgan fingerprint density at radius 2 is 1.96 bits per heavy atom. The minimum atomic E-state index is -0.489. The molecule has 0 aliphatic carbocycles. The molecular formula is C18H21FN4O3S. The number of hydrogen-bond donors (Lipinski definition) is 2. The maximum Gasteiger partial charge on any atom is 0.328 e. The van der Waals surface area contributed by atoms with Gasteiger partial charge in [-0.1, -0.05) is 24.2 Å². The Balaban J connectivity index is 0.000000223. The van der Waals surface area contributed by atoms with Crippen molar-refractivity contribution in [2.75, 3.05) is 0 Å². The summed E-state index contributed by atoms with van der Waals surface area (Å²) in [5, 5.41) is 3.88. The molecule has 1 aromatic carbocycles. The highest BCUT2D eigenvalue weighted by Gasteiger charge is 2.10. The van der Waals surface area contributed by atoms with E-state index in [1.54, 1.807) is 19.1 Å².